The molecule has 6 nitrogen and oxygen atoms in total. The average molecular weight is 282 g/mol. The number of carbonyl (C=O) groups is 1. The number of nitrogens with zero attached hydrogens (tertiary/aromatic N) is 1. The summed E-state index contributed by atoms with van der Waals surface area (Å²) in [6.45, 7) is 0.235. The fourth-order valence-electron chi connectivity index (χ4n) is 2.63. The van der Waals surface area contributed by atoms with Crippen LogP contribution in [0.3, 0.4) is 0 Å². The summed E-state index contributed by atoms with van der Waals surface area (Å²) in [6, 6.07) is 6.96. The average Bonchev–Trinajstić information content (AvgIpc) is 2.80. The standard InChI is InChI=1S/C12H14N2O4S/c13-9-3-1-2-4-10(9)14-7-12(18-11(14)15)5-6-19(16,17)8-12/h1-4H,5-8,13H2. The maximum absolute atomic E-state index is 12.0. The SMILES string of the molecule is Nc1ccccc1N1CC2(CCS(=O)(=O)C2)OC1=O. The first kappa shape index (κ1) is 12.3. The summed E-state index contributed by atoms with van der Waals surface area (Å²) in [7, 11) is -3.11. The lowest BCUT2D eigenvalue weighted by atomic mass is 10.0. The number of para-hydroxylation sites is 2. The van der Waals surface area contributed by atoms with Crippen molar-refractivity contribution in [3.63, 3.8) is 0 Å². The highest BCUT2D eigenvalue weighted by Crippen LogP contribution is 2.37. The number of rotatable bonds is 1. The highest BCUT2D eigenvalue weighted by molar-refractivity contribution is 7.91. The Hall–Kier alpha value is -1.76. The molecule has 0 bridgehead atoms. The number of nitrogens with two attached hydrogens (primary N) is 1. The first-order valence-electron chi connectivity index (χ1n) is 5.96. The molecule has 2 aliphatic heterocycles. The molecule has 2 aliphatic rings. The maximum Gasteiger partial charge on any atom is 0.415 e. The third kappa shape index (κ3) is 2.03. The lowest BCUT2D eigenvalue weighted by Gasteiger charge is -2.19. The summed E-state index contributed by atoms with van der Waals surface area (Å²) in [5, 5.41) is 0. The van der Waals surface area contributed by atoms with Crippen LogP contribution in [0.15, 0.2) is 24.3 Å². The molecule has 1 amide bonds. The number of carbonyl (C=O) groups excluding carboxylic acids is 1. The molecule has 0 aromatic heterocycles. The van der Waals surface area contributed by atoms with E-state index in [1.165, 1.54) is 4.90 Å². The summed E-state index contributed by atoms with van der Waals surface area (Å²) in [4.78, 5) is 13.4. The van der Waals surface area contributed by atoms with Gasteiger partial charge in [0.15, 0.2) is 9.84 Å². The van der Waals surface area contributed by atoms with E-state index >= 15 is 0 Å². The van der Waals surface area contributed by atoms with Crippen molar-refractivity contribution < 1.29 is 17.9 Å². The van der Waals surface area contributed by atoms with Crippen molar-refractivity contribution >= 4 is 27.3 Å². The topological polar surface area (TPSA) is 89.7 Å². The highest BCUT2D eigenvalue weighted by atomic mass is 32.2. The van der Waals surface area contributed by atoms with Crippen molar-refractivity contribution in [1.29, 1.82) is 0 Å². The zero-order valence-corrected chi connectivity index (χ0v) is 11.0. The number of benzene rings is 1. The highest BCUT2D eigenvalue weighted by Gasteiger charge is 2.52. The number of nitrogen functional groups attached to an aromatic ring is 1. The summed E-state index contributed by atoms with van der Waals surface area (Å²) in [5.74, 6) is -0.0344. The van der Waals surface area contributed by atoms with E-state index in [4.69, 9.17) is 10.5 Å². The third-order valence-electron chi connectivity index (χ3n) is 3.55. The molecule has 2 N–H and O–H groups in total. The number of ether oxygens (including phenoxy) is 1. The zero-order chi connectivity index (χ0) is 13.7. The van der Waals surface area contributed by atoms with Crippen molar-refractivity contribution in [3.05, 3.63) is 24.3 Å². The van der Waals surface area contributed by atoms with E-state index in [1.807, 2.05) is 0 Å². The van der Waals surface area contributed by atoms with Gasteiger partial charge in [-0.05, 0) is 12.1 Å². The van der Waals surface area contributed by atoms with Crippen molar-refractivity contribution in [3.8, 4) is 0 Å². The normalized spacial score (nSPS) is 28.8. The molecule has 0 saturated carbocycles. The van der Waals surface area contributed by atoms with Crippen molar-refractivity contribution in [2.75, 3.05) is 28.7 Å². The van der Waals surface area contributed by atoms with Gasteiger partial charge in [0.05, 0.1) is 29.4 Å². The Morgan fingerprint density at radius 1 is 1.32 bits per heavy atom. The quantitative estimate of drug-likeness (QED) is 0.769. The Labute approximate surface area is 111 Å². The molecular formula is C12H14N2O4S. The second-order valence-corrected chi connectivity index (χ2v) is 7.22. The number of amides is 1. The van der Waals surface area contributed by atoms with Crippen molar-refractivity contribution in [2.45, 2.75) is 12.0 Å². The van der Waals surface area contributed by atoms with Crippen molar-refractivity contribution in [1.82, 2.24) is 0 Å². The van der Waals surface area contributed by atoms with E-state index in [2.05, 4.69) is 0 Å². The second-order valence-electron chi connectivity index (χ2n) is 5.04. The molecule has 1 aromatic rings. The third-order valence-corrected chi connectivity index (χ3v) is 5.34. The lowest BCUT2D eigenvalue weighted by Crippen LogP contribution is -2.35. The summed E-state index contributed by atoms with van der Waals surface area (Å²) >= 11 is 0. The molecule has 2 fully saturated rings. The Bertz CT molecular complexity index is 643. The Morgan fingerprint density at radius 2 is 2.05 bits per heavy atom. The predicted molar refractivity (Wildman–Crippen MR) is 70.7 cm³/mol. The zero-order valence-electron chi connectivity index (χ0n) is 10.2. The fraction of sp³-hybridized carbons (Fsp3) is 0.417. The molecular weight excluding hydrogens is 268 g/mol. The van der Waals surface area contributed by atoms with Gasteiger partial charge in [-0.15, -0.1) is 0 Å². The van der Waals surface area contributed by atoms with Gasteiger partial charge in [0.2, 0.25) is 0 Å². The molecule has 1 aromatic carbocycles. The van der Waals surface area contributed by atoms with Gasteiger partial charge in [-0.3, -0.25) is 4.90 Å². The van der Waals surface area contributed by atoms with Gasteiger partial charge < -0.3 is 10.5 Å². The van der Waals surface area contributed by atoms with E-state index in [0.29, 0.717) is 17.8 Å². The van der Waals surface area contributed by atoms with E-state index in [1.54, 1.807) is 24.3 Å². The Balaban J connectivity index is 1.92. The Morgan fingerprint density at radius 3 is 2.68 bits per heavy atom. The molecule has 19 heavy (non-hydrogen) atoms. The molecule has 2 heterocycles. The largest absolute Gasteiger partial charge is 0.440 e. The molecule has 1 unspecified atom stereocenters. The monoisotopic (exact) mass is 282 g/mol. The minimum Gasteiger partial charge on any atom is -0.440 e. The van der Waals surface area contributed by atoms with Crippen molar-refractivity contribution in [2.24, 2.45) is 0 Å². The van der Waals surface area contributed by atoms with Crippen LogP contribution in [0, 0.1) is 0 Å². The molecule has 1 spiro atoms. The molecule has 0 radical (unpaired) electrons. The lowest BCUT2D eigenvalue weighted by molar-refractivity contribution is 0.0779. The van der Waals surface area contributed by atoms with Crippen LogP contribution in [0.25, 0.3) is 0 Å². The first-order valence-corrected chi connectivity index (χ1v) is 7.78. The van der Waals surface area contributed by atoms with Crippen LogP contribution in [-0.4, -0.2) is 38.2 Å². The molecule has 1 atom stereocenters. The van der Waals surface area contributed by atoms with Crippen LogP contribution in [-0.2, 0) is 14.6 Å². The van der Waals surface area contributed by atoms with E-state index in [-0.39, 0.29) is 18.1 Å². The van der Waals surface area contributed by atoms with Gasteiger partial charge in [-0.25, -0.2) is 13.2 Å². The molecule has 7 heteroatoms. The fourth-order valence-corrected chi connectivity index (χ4v) is 4.56. The number of hydrogen-bond donors (Lipinski definition) is 1. The molecule has 102 valence electrons. The van der Waals surface area contributed by atoms with Gasteiger partial charge in [-0.2, -0.15) is 0 Å². The molecule has 0 aliphatic carbocycles. The van der Waals surface area contributed by atoms with E-state index in [9.17, 15) is 13.2 Å². The predicted octanol–water partition coefficient (Wildman–Crippen LogP) is 0.783. The maximum atomic E-state index is 12.0. The van der Waals surface area contributed by atoms with Crippen LogP contribution >= 0.6 is 0 Å². The number of hydrogen-bond acceptors (Lipinski definition) is 5. The molecule has 2 saturated heterocycles. The summed E-state index contributed by atoms with van der Waals surface area (Å²) in [5.41, 5.74) is 5.96. The van der Waals surface area contributed by atoms with Gasteiger partial charge in [0, 0.05) is 6.42 Å². The minimum atomic E-state index is -3.11. The first-order chi connectivity index (χ1) is 8.91. The van der Waals surface area contributed by atoms with E-state index < -0.39 is 21.5 Å². The second kappa shape index (κ2) is 3.86. The van der Waals surface area contributed by atoms with Crippen LogP contribution in [0.5, 0.6) is 0 Å². The van der Waals surface area contributed by atoms with Crippen LogP contribution in [0.1, 0.15) is 6.42 Å². The van der Waals surface area contributed by atoms with Crippen LogP contribution < -0.4 is 10.6 Å². The van der Waals surface area contributed by atoms with E-state index in [0.717, 1.165) is 0 Å². The summed E-state index contributed by atoms with van der Waals surface area (Å²) in [6.07, 6.45) is -0.181. The van der Waals surface area contributed by atoms with Crippen LogP contribution in [0.4, 0.5) is 16.2 Å². The van der Waals surface area contributed by atoms with Gasteiger partial charge in [0.1, 0.15) is 5.60 Å². The summed E-state index contributed by atoms with van der Waals surface area (Å²) < 4.78 is 28.5. The Kier molecular flexibility index (Phi) is 2.50. The van der Waals surface area contributed by atoms with Crippen LogP contribution in [0.2, 0.25) is 0 Å². The van der Waals surface area contributed by atoms with Gasteiger partial charge >= 0.3 is 6.09 Å². The van der Waals surface area contributed by atoms with Gasteiger partial charge in [0.25, 0.3) is 0 Å². The van der Waals surface area contributed by atoms with Gasteiger partial charge in [-0.1, -0.05) is 12.1 Å². The minimum absolute atomic E-state index is 0.0678. The smallest absolute Gasteiger partial charge is 0.415 e. The molecule has 3 rings (SSSR count). The number of anilines is 2. The number of sulfone groups is 1.